The second-order valence-corrected chi connectivity index (χ2v) is 7.14. The zero-order valence-electron chi connectivity index (χ0n) is 15.8. The predicted molar refractivity (Wildman–Crippen MR) is 99.2 cm³/mol. The Kier molecular flexibility index (Phi) is 19.6. The summed E-state index contributed by atoms with van der Waals surface area (Å²) in [7, 11) is 0. The van der Waals surface area contributed by atoms with Crippen LogP contribution in [0.15, 0.2) is 0 Å². The number of rotatable bonds is 11. The summed E-state index contributed by atoms with van der Waals surface area (Å²) in [6, 6.07) is 0. The van der Waals surface area contributed by atoms with Crippen molar-refractivity contribution in [1.29, 1.82) is 0 Å². The maximum atomic E-state index is 11.7. The summed E-state index contributed by atoms with van der Waals surface area (Å²) in [5, 5.41) is 8.49. The first-order valence-corrected chi connectivity index (χ1v) is 9.55. The van der Waals surface area contributed by atoms with Crippen LogP contribution in [0.4, 0.5) is 4.79 Å². The van der Waals surface area contributed by atoms with Gasteiger partial charge in [-0.1, -0.05) is 46.4 Å². The van der Waals surface area contributed by atoms with Crippen molar-refractivity contribution in [2.75, 3.05) is 51.9 Å². The van der Waals surface area contributed by atoms with Crippen LogP contribution in [0.5, 0.6) is 0 Å². The normalized spacial score (nSPS) is 10.7. The molecule has 23 heavy (non-hydrogen) atoms. The van der Waals surface area contributed by atoms with Crippen molar-refractivity contribution in [2.45, 2.75) is 41.5 Å². The molecule has 0 aliphatic carbocycles. The molecule has 0 heterocycles. The minimum Gasteiger partial charge on any atom is -0.394 e. The third kappa shape index (κ3) is 19.7. The number of hydrogen-bond acceptors (Lipinski definition) is 5. The Morgan fingerprint density at radius 3 is 1.91 bits per heavy atom. The van der Waals surface area contributed by atoms with E-state index in [-0.39, 0.29) is 11.8 Å². The van der Waals surface area contributed by atoms with Crippen LogP contribution < -0.4 is 0 Å². The van der Waals surface area contributed by atoms with Crippen molar-refractivity contribution in [3.8, 4) is 0 Å². The average molecular weight is 352 g/mol. The molecule has 0 aromatic heterocycles. The molecule has 0 saturated carbocycles. The van der Waals surface area contributed by atoms with E-state index < -0.39 is 0 Å². The Bertz CT molecular complexity index is 247. The topological polar surface area (TPSA) is 59.0 Å². The van der Waals surface area contributed by atoms with E-state index in [4.69, 9.17) is 14.6 Å². The lowest BCUT2D eigenvalue weighted by atomic mass is 10.1. The van der Waals surface area contributed by atoms with Crippen LogP contribution in [0.25, 0.3) is 0 Å². The number of aliphatic hydroxyl groups is 1. The molecule has 140 valence electrons. The van der Waals surface area contributed by atoms with Gasteiger partial charge in [0, 0.05) is 19.7 Å². The molecule has 0 bridgehead atoms. The van der Waals surface area contributed by atoms with Gasteiger partial charge in [0.2, 0.25) is 0 Å². The number of thioether (sulfide) groups is 1. The van der Waals surface area contributed by atoms with E-state index >= 15 is 0 Å². The molecule has 1 amide bonds. The van der Waals surface area contributed by atoms with Crippen LogP contribution in [-0.4, -0.2) is 67.1 Å². The number of ether oxygens (including phenoxy) is 2. The van der Waals surface area contributed by atoms with E-state index in [0.29, 0.717) is 31.7 Å². The molecule has 0 aliphatic rings. The molecule has 0 saturated heterocycles. The van der Waals surface area contributed by atoms with E-state index in [0.717, 1.165) is 25.4 Å². The van der Waals surface area contributed by atoms with E-state index in [2.05, 4.69) is 27.7 Å². The maximum Gasteiger partial charge on any atom is 0.281 e. The molecule has 0 aliphatic heterocycles. The SMILES string of the molecule is CCOCCOCCO.CCSC(=O)N(CC(C)C)CC(C)C. The molecule has 0 aromatic carbocycles. The molecule has 5 nitrogen and oxygen atoms in total. The molecule has 0 spiro atoms. The summed E-state index contributed by atoms with van der Waals surface area (Å²) in [6.07, 6.45) is 0. The smallest absolute Gasteiger partial charge is 0.281 e. The van der Waals surface area contributed by atoms with Gasteiger partial charge in [0.1, 0.15) is 0 Å². The molecular weight excluding hydrogens is 314 g/mol. The Hall–Kier alpha value is -0.300. The zero-order chi connectivity index (χ0) is 18.1. The largest absolute Gasteiger partial charge is 0.394 e. The van der Waals surface area contributed by atoms with Crippen LogP contribution in [0.1, 0.15) is 41.5 Å². The summed E-state index contributed by atoms with van der Waals surface area (Å²) < 4.78 is 9.88. The highest BCUT2D eigenvalue weighted by atomic mass is 32.2. The Morgan fingerprint density at radius 2 is 1.52 bits per heavy atom. The number of nitrogens with zero attached hydrogens (tertiary/aromatic N) is 1. The van der Waals surface area contributed by atoms with Crippen LogP contribution in [0.2, 0.25) is 0 Å². The fourth-order valence-corrected chi connectivity index (χ4v) is 2.33. The number of carbonyl (C=O) groups is 1. The lowest BCUT2D eigenvalue weighted by Gasteiger charge is -2.25. The van der Waals surface area contributed by atoms with Crippen LogP contribution in [-0.2, 0) is 9.47 Å². The summed E-state index contributed by atoms with van der Waals surface area (Å²) in [4.78, 5) is 13.7. The third-order valence-corrected chi connectivity index (χ3v) is 3.30. The van der Waals surface area contributed by atoms with Crippen molar-refractivity contribution in [3.05, 3.63) is 0 Å². The first kappa shape index (κ1) is 24.9. The molecule has 0 rings (SSSR count). The van der Waals surface area contributed by atoms with Crippen LogP contribution in [0.3, 0.4) is 0 Å². The summed E-state index contributed by atoms with van der Waals surface area (Å²) >= 11 is 1.41. The molecule has 1 N–H and O–H groups in total. The van der Waals surface area contributed by atoms with Crippen molar-refractivity contribution in [3.63, 3.8) is 0 Å². The van der Waals surface area contributed by atoms with E-state index in [1.807, 2.05) is 18.7 Å². The highest BCUT2D eigenvalue weighted by Gasteiger charge is 2.15. The molecule has 0 fully saturated rings. The highest BCUT2D eigenvalue weighted by Crippen LogP contribution is 2.12. The quantitative estimate of drug-likeness (QED) is 0.577. The summed E-state index contributed by atoms with van der Waals surface area (Å²) in [5.41, 5.74) is 0. The number of carbonyl (C=O) groups excluding carboxylic acids is 1. The average Bonchev–Trinajstić information content (AvgIpc) is 2.46. The molecule has 0 unspecified atom stereocenters. The van der Waals surface area contributed by atoms with Gasteiger partial charge in [-0.25, -0.2) is 0 Å². The van der Waals surface area contributed by atoms with Gasteiger partial charge in [0.15, 0.2) is 0 Å². The van der Waals surface area contributed by atoms with Crippen molar-refractivity contribution < 1.29 is 19.4 Å². The standard InChI is InChI=1S/C11H23NOS.C6H14O3/c1-6-14-11(13)12(7-9(2)3)8-10(4)5;1-2-8-5-6-9-4-3-7/h9-10H,6-8H2,1-5H3;7H,2-6H2,1H3. The predicted octanol–water partition coefficient (Wildman–Crippen LogP) is 3.51. The highest BCUT2D eigenvalue weighted by molar-refractivity contribution is 8.13. The molecule has 0 radical (unpaired) electrons. The Labute approximate surface area is 147 Å². The van der Waals surface area contributed by atoms with Gasteiger partial charge in [0.05, 0.1) is 26.4 Å². The van der Waals surface area contributed by atoms with Crippen molar-refractivity contribution in [2.24, 2.45) is 11.8 Å². The maximum absolute atomic E-state index is 11.7. The van der Waals surface area contributed by atoms with Crippen molar-refractivity contribution >= 4 is 17.0 Å². The monoisotopic (exact) mass is 351 g/mol. The van der Waals surface area contributed by atoms with E-state index in [9.17, 15) is 4.79 Å². The molecule has 0 aromatic rings. The minimum absolute atomic E-state index is 0.0894. The van der Waals surface area contributed by atoms with Gasteiger partial charge < -0.3 is 19.5 Å². The van der Waals surface area contributed by atoms with Gasteiger partial charge in [-0.15, -0.1) is 0 Å². The van der Waals surface area contributed by atoms with Crippen LogP contribution >= 0.6 is 11.8 Å². The molecular formula is C17H37NO4S. The van der Waals surface area contributed by atoms with Gasteiger partial charge in [-0.2, -0.15) is 0 Å². The lowest BCUT2D eigenvalue weighted by Crippen LogP contribution is -2.34. The Morgan fingerprint density at radius 1 is 1.00 bits per heavy atom. The number of aliphatic hydroxyl groups excluding tert-OH is 1. The van der Waals surface area contributed by atoms with E-state index in [1.165, 1.54) is 11.8 Å². The fraction of sp³-hybridized carbons (Fsp3) is 0.941. The minimum atomic E-state index is 0.0894. The summed E-state index contributed by atoms with van der Waals surface area (Å²) in [6.45, 7) is 16.7. The number of hydrogen-bond donors (Lipinski definition) is 1. The molecule has 0 atom stereocenters. The van der Waals surface area contributed by atoms with Gasteiger partial charge in [-0.3, -0.25) is 4.79 Å². The molecule has 6 heteroatoms. The first-order valence-electron chi connectivity index (χ1n) is 8.56. The van der Waals surface area contributed by atoms with Gasteiger partial charge in [-0.05, 0) is 24.5 Å². The second kappa shape index (κ2) is 18.0. The third-order valence-electron chi connectivity index (χ3n) is 2.51. The zero-order valence-corrected chi connectivity index (χ0v) is 16.7. The lowest BCUT2D eigenvalue weighted by molar-refractivity contribution is 0.0370. The first-order chi connectivity index (χ1) is 10.9. The summed E-state index contributed by atoms with van der Waals surface area (Å²) in [5.74, 6) is 1.97. The van der Waals surface area contributed by atoms with Gasteiger partial charge >= 0.3 is 0 Å². The Balaban J connectivity index is 0. The van der Waals surface area contributed by atoms with Crippen molar-refractivity contribution in [1.82, 2.24) is 4.90 Å². The second-order valence-electron chi connectivity index (χ2n) is 5.92. The van der Waals surface area contributed by atoms with Gasteiger partial charge in [0.25, 0.3) is 5.24 Å². The number of amides is 1. The van der Waals surface area contributed by atoms with E-state index in [1.54, 1.807) is 0 Å². The fourth-order valence-electron chi connectivity index (χ4n) is 1.75. The van der Waals surface area contributed by atoms with Crippen LogP contribution in [0, 0.1) is 11.8 Å².